The lowest BCUT2D eigenvalue weighted by molar-refractivity contribution is -0.280. The van der Waals surface area contributed by atoms with Gasteiger partial charge in [-0.3, -0.25) is 0 Å². The number of aliphatic hydroxyl groups excluding tert-OH is 3. The van der Waals surface area contributed by atoms with Gasteiger partial charge in [0.05, 0.1) is 37.9 Å². The summed E-state index contributed by atoms with van der Waals surface area (Å²) in [6.07, 6.45) is 2.72. The maximum Gasteiger partial charge on any atom is 0.334 e. The fraction of sp³-hybridized carbons (Fsp3) is 0.667. The van der Waals surface area contributed by atoms with E-state index in [9.17, 15) is 20.1 Å². The first-order chi connectivity index (χ1) is 13.2. The zero-order chi connectivity index (χ0) is 20.3. The zero-order valence-electron chi connectivity index (χ0n) is 16.4. The van der Waals surface area contributed by atoms with Gasteiger partial charge in [0.15, 0.2) is 6.29 Å². The Morgan fingerprint density at radius 3 is 2.68 bits per heavy atom. The summed E-state index contributed by atoms with van der Waals surface area (Å²) < 4.78 is 16.0. The first-order valence-corrected chi connectivity index (χ1v) is 9.74. The number of carbonyl (C=O) groups excluding carboxylic acids is 1. The molecule has 0 radical (unpaired) electrons. The van der Waals surface area contributed by atoms with E-state index >= 15 is 0 Å². The van der Waals surface area contributed by atoms with Crippen LogP contribution in [0.25, 0.3) is 0 Å². The largest absolute Gasteiger partial charge is 0.472 e. The SMILES string of the molecule is COC(=O)C1=C[C@H](O)[C@H](O)[C@@H]2[C@@]3(C)C[C@@H](c4ccoc4)O[C@@H](O)[C@@H]3CC[C@@]12C. The molecule has 1 saturated carbocycles. The first-order valence-electron chi connectivity index (χ1n) is 9.74. The highest BCUT2D eigenvalue weighted by atomic mass is 16.6. The highest BCUT2D eigenvalue weighted by Crippen LogP contribution is 2.65. The van der Waals surface area contributed by atoms with E-state index in [0.29, 0.717) is 24.8 Å². The number of ether oxygens (including phenoxy) is 2. The third-order valence-electron chi connectivity index (χ3n) is 7.46. The molecule has 2 fully saturated rings. The van der Waals surface area contributed by atoms with Gasteiger partial charge in [-0.15, -0.1) is 0 Å². The normalized spacial score (nSPS) is 45.6. The Kier molecular flexibility index (Phi) is 4.69. The summed E-state index contributed by atoms with van der Waals surface area (Å²) in [5.74, 6) is -1.15. The van der Waals surface area contributed by atoms with Crippen LogP contribution in [0, 0.1) is 22.7 Å². The van der Waals surface area contributed by atoms with Crippen molar-refractivity contribution in [1.82, 2.24) is 0 Å². The second kappa shape index (κ2) is 6.69. The lowest BCUT2D eigenvalue weighted by atomic mass is 9.44. The minimum Gasteiger partial charge on any atom is -0.472 e. The van der Waals surface area contributed by atoms with E-state index in [1.807, 2.05) is 13.8 Å². The molecule has 28 heavy (non-hydrogen) atoms. The Morgan fingerprint density at radius 2 is 2.04 bits per heavy atom. The van der Waals surface area contributed by atoms with E-state index in [1.165, 1.54) is 13.2 Å². The summed E-state index contributed by atoms with van der Waals surface area (Å²) in [5, 5.41) is 32.3. The topological polar surface area (TPSA) is 109 Å². The van der Waals surface area contributed by atoms with Crippen molar-refractivity contribution in [3.63, 3.8) is 0 Å². The molecule has 1 aromatic rings. The van der Waals surface area contributed by atoms with Gasteiger partial charge < -0.3 is 29.2 Å². The van der Waals surface area contributed by atoms with Crippen LogP contribution in [0.2, 0.25) is 0 Å². The zero-order valence-corrected chi connectivity index (χ0v) is 16.4. The molecule has 1 aliphatic heterocycles. The van der Waals surface area contributed by atoms with Crippen molar-refractivity contribution in [2.24, 2.45) is 22.7 Å². The molecule has 4 rings (SSSR count). The number of aliphatic hydroxyl groups is 3. The predicted octanol–water partition coefficient (Wildman–Crippen LogP) is 1.93. The molecule has 1 saturated heterocycles. The van der Waals surface area contributed by atoms with Crippen LogP contribution in [0.3, 0.4) is 0 Å². The second-order valence-electron chi connectivity index (χ2n) is 8.88. The summed E-state index contributed by atoms with van der Waals surface area (Å²) in [7, 11) is 1.32. The number of methoxy groups -OCH3 is 1. The lowest BCUT2D eigenvalue weighted by Crippen LogP contribution is -2.63. The van der Waals surface area contributed by atoms with Crippen molar-refractivity contribution < 1.29 is 34.0 Å². The molecule has 7 nitrogen and oxygen atoms in total. The highest BCUT2D eigenvalue weighted by Gasteiger charge is 2.64. The molecule has 3 aliphatic rings. The van der Waals surface area contributed by atoms with Crippen molar-refractivity contribution in [2.45, 2.75) is 57.7 Å². The summed E-state index contributed by atoms with van der Waals surface area (Å²) in [6.45, 7) is 3.97. The number of furan rings is 1. The van der Waals surface area contributed by atoms with E-state index < -0.39 is 47.3 Å². The third-order valence-corrected chi connectivity index (χ3v) is 7.46. The van der Waals surface area contributed by atoms with Gasteiger partial charge in [0.1, 0.15) is 0 Å². The second-order valence-corrected chi connectivity index (χ2v) is 8.88. The van der Waals surface area contributed by atoms with Crippen molar-refractivity contribution in [3.05, 3.63) is 35.8 Å². The minimum absolute atomic E-state index is 0.215. The Hall–Kier alpha value is -1.67. The number of hydrogen-bond acceptors (Lipinski definition) is 7. The third kappa shape index (κ3) is 2.68. The fourth-order valence-electron chi connectivity index (χ4n) is 6.15. The number of esters is 1. The number of rotatable bonds is 2. The van der Waals surface area contributed by atoms with Crippen molar-refractivity contribution >= 4 is 5.97 Å². The predicted molar refractivity (Wildman–Crippen MR) is 97.7 cm³/mol. The van der Waals surface area contributed by atoms with Crippen LogP contribution in [0.4, 0.5) is 0 Å². The molecule has 8 atom stereocenters. The molecular formula is C21H28O7. The van der Waals surface area contributed by atoms with E-state index in [1.54, 1.807) is 18.6 Å². The molecule has 154 valence electrons. The quantitative estimate of drug-likeness (QED) is 0.660. The maximum absolute atomic E-state index is 12.5. The monoisotopic (exact) mass is 392 g/mol. The van der Waals surface area contributed by atoms with Crippen molar-refractivity contribution in [1.29, 1.82) is 0 Å². The van der Waals surface area contributed by atoms with Crippen LogP contribution >= 0.6 is 0 Å². The lowest BCUT2D eigenvalue weighted by Gasteiger charge is -2.62. The highest BCUT2D eigenvalue weighted by molar-refractivity contribution is 5.90. The first kappa shape index (κ1) is 19.6. The van der Waals surface area contributed by atoms with E-state index in [-0.39, 0.29) is 5.92 Å². The molecule has 3 N–H and O–H groups in total. The molecule has 0 unspecified atom stereocenters. The Labute approximate surface area is 163 Å². The Bertz CT molecular complexity index is 772. The summed E-state index contributed by atoms with van der Waals surface area (Å²) >= 11 is 0. The fourth-order valence-corrected chi connectivity index (χ4v) is 6.15. The van der Waals surface area contributed by atoms with Gasteiger partial charge >= 0.3 is 5.97 Å². The number of fused-ring (bicyclic) bond motifs is 3. The molecule has 0 bridgehead atoms. The van der Waals surface area contributed by atoms with Crippen LogP contribution in [0.5, 0.6) is 0 Å². The number of hydrogen-bond donors (Lipinski definition) is 3. The van der Waals surface area contributed by atoms with E-state index in [0.717, 1.165) is 5.56 Å². The van der Waals surface area contributed by atoms with Gasteiger partial charge in [0.2, 0.25) is 0 Å². The average molecular weight is 392 g/mol. The van der Waals surface area contributed by atoms with E-state index in [4.69, 9.17) is 13.9 Å². The smallest absolute Gasteiger partial charge is 0.334 e. The maximum atomic E-state index is 12.5. The molecule has 1 aromatic heterocycles. The minimum atomic E-state index is -1.17. The van der Waals surface area contributed by atoms with Gasteiger partial charge in [-0.2, -0.15) is 0 Å². The molecule has 0 spiro atoms. The van der Waals surface area contributed by atoms with Crippen LogP contribution in [0.1, 0.15) is 44.8 Å². The summed E-state index contributed by atoms with van der Waals surface area (Å²) in [5.41, 5.74) is -0.0193. The van der Waals surface area contributed by atoms with Crippen LogP contribution in [-0.4, -0.2) is 46.9 Å². The average Bonchev–Trinajstić information content (AvgIpc) is 3.18. The molecule has 2 aliphatic carbocycles. The Morgan fingerprint density at radius 1 is 1.29 bits per heavy atom. The molecule has 0 aromatic carbocycles. The van der Waals surface area contributed by atoms with Gasteiger partial charge in [-0.05, 0) is 36.8 Å². The van der Waals surface area contributed by atoms with E-state index in [2.05, 4.69) is 0 Å². The number of carbonyl (C=O) groups is 1. The molecule has 2 heterocycles. The summed E-state index contributed by atoms with van der Waals surface area (Å²) in [6, 6.07) is 1.80. The Balaban J connectivity index is 1.79. The molecule has 7 heteroatoms. The van der Waals surface area contributed by atoms with Crippen molar-refractivity contribution in [2.75, 3.05) is 7.11 Å². The molecular weight excluding hydrogens is 364 g/mol. The van der Waals surface area contributed by atoms with Crippen LogP contribution < -0.4 is 0 Å². The van der Waals surface area contributed by atoms with Gasteiger partial charge in [-0.25, -0.2) is 4.79 Å². The van der Waals surface area contributed by atoms with Gasteiger partial charge in [0, 0.05) is 28.4 Å². The molecule has 0 amide bonds. The van der Waals surface area contributed by atoms with Gasteiger partial charge in [-0.1, -0.05) is 13.8 Å². The van der Waals surface area contributed by atoms with Crippen LogP contribution in [0.15, 0.2) is 34.7 Å². The van der Waals surface area contributed by atoms with Crippen molar-refractivity contribution in [3.8, 4) is 0 Å². The summed E-state index contributed by atoms with van der Waals surface area (Å²) in [4.78, 5) is 12.5. The van der Waals surface area contributed by atoms with Gasteiger partial charge in [0.25, 0.3) is 0 Å². The van der Waals surface area contributed by atoms with Crippen LogP contribution in [-0.2, 0) is 14.3 Å². The standard InChI is InChI=1S/C21H28O7/c1-20-6-4-12-19(25)28-15(11-5-7-27-10-11)9-21(12,2)17(20)16(23)14(22)8-13(20)18(24)26-3/h5,7-8,10,12,14-17,19,22-23,25H,4,6,9H2,1-3H3/t12-,14-,15-,16-,17-,19+,20-,21-/m0/s1.